The molecule has 0 bridgehead atoms. The second kappa shape index (κ2) is 6.40. The van der Waals surface area contributed by atoms with Crippen molar-refractivity contribution in [3.05, 3.63) is 0 Å². The summed E-state index contributed by atoms with van der Waals surface area (Å²) in [5.74, 6) is 0.319. The summed E-state index contributed by atoms with van der Waals surface area (Å²) < 4.78 is 0. The Morgan fingerprint density at radius 3 is 2.05 bits per heavy atom. The van der Waals surface area contributed by atoms with Gasteiger partial charge in [0.2, 0.25) is 5.91 Å². The van der Waals surface area contributed by atoms with Crippen LogP contribution in [0.5, 0.6) is 0 Å². The van der Waals surface area contributed by atoms with Crippen LogP contribution in [-0.2, 0) is 9.59 Å². The van der Waals surface area contributed by atoms with E-state index in [9.17, 15) is 9.59 Å². The summed E-state index contributed by atoms with van der Waals surface area (Å²) >= 11 is 0. The lowest BCUT2D eigenvalue weighted by molar-refractivity contribution is -0.147. The molecule has 0 aromatic rings. The molecule has 1 saturated carbocycles. The molecule has 2 fully saturated rings. The van der Waals surface area contributed by atoms with Crippen molar-refractivity contribution < 1.29 is 14.7 Å². The van der Waals surface area contributed by atoms with Crippen molar-refractivity contribution in [2.24, 2.45) is 17.8 Å². The largest absolute Gasteiger partial charge is 0.481 e. The molecule has 1 amide bonds. The van der Waals surface area contributed by atoms with Crippen LogP contribution in [0.2, 0.25) is 0 Å². The predicted octanol–water partition coefficient (Wildman–Crippen LogP) is 2.53. The maximum absolute atomic E-state index is 12.4. The fourth-order valence-corrected chi connectivity index (χ4v) is 3.42. The van der Waals surface area contributed by atoms with Gasteiger partial charge in [-0.2, -0.15) is 0 Å². The quantitative estimate of drug-likeness (QED) is 0.855. The SMILES string of the molecule is CCC1CCC(C(=O)N2CCC(C(=O)O)CC2)CC1. The van der Waals surface area contributed by atoms with Gasteiger partial charge in [0, 0.05) is 19.0 Å². The van der Waals surface area contributed by atoms with E-state index in [1.807, 2.05) is 4.90 Å². The number of amides is 1. The van der Waals surface area contributed by atoms with Crippen molar-refractivity contribution in [2.75, 3.05) is 13.1 Å². The molecule has 0 radical (unpaired) electrons. The number of likely N-dealkylation sites (tertiary alicyclic amines) is 1. The van der Waals surface area contributed by atoms with Gasteiger partial charge in [0.25, 0.3) is 0 Å². The third-order valence-corrected chi connectivity index (χ3v) is 4.93. The monoisotopic (exact) mass is 267 g/mol. The first-order valence-electron chi connectivity index (χ1n) is 7.63. The van der Waals surface area contributed by atoms with Gasteiger partial charge >= 0.3 is 5.97 Å². The second-order valence-electron chi connectivity index (χ2n) is 6.06. The van der Waals surface area contributed by atoms with E-state index in [-0.39, 0.29) is 17.7 Å². The highest BCUT2D eigenvalue weighted by atomic mass is 16.4. The summed E-state index contributed by atoms with van der Waals surface area (Å²) in [5, 5.41) is 8.96. The maximum atomic E-state index is 12.4. The van der Waals surface area contributed by atoms with E-state index in [0.29, 0.717) is 25.9 Å². The van der Waals surface area contributed by atoms with E-state index in [0.717, 1.165) is 18.8 Å². The number of rotatable bonds is 3. The average molecular weight is 267 g/mol. The van der Waals surface area contributed by atoms with Gasteiger partial charge in [-0.3, -0.25) is 9.59 Å². The molecule has 0 unspecified atom stereocenters. The zero-order chi connectivity index (χ0) is 13.8. The molecule has 19 heavy (non-hydrogen) atoms. The van der Waals surface area contributed by atoms with Crippen LogP contribution in [0.15, 0.2) is 0 Å². The van der Waals surface area contributed by atoms with Crippen molar-refractivity contribution in [3.8, 4) is 0 Å². The molecular weight excluding hydrogens is 242 g/mol. The smallest absolute Gasteiger partial charge is 0.306 e. The van der Waals surface area contributed by atoms with Crippen LogP contribution in [0.3, 0.4) is 0 Å². The number of aliphatic carboxylic acids is 1. The summed E-state index contributed by atoms with van der Waals surface area (Å²) in [4.78, 5) is 25.2. The molecule has 1 N–H and O–H groups in total. The summed E-state index contributed by atoms with van der Waals surface area (Å²) in [7, 11) is 0. The van der Waals surface area contributed by atoms with Gasteiger partial charge < -0.3 is 10.0 Å². The van der Waals surface area contributed by atoms with Crippen LogP contribution in [0.25, 0.3) is 0 Å². The van der Waals surface area contributed by atoms with Crippen molar-refractivity contribution in [1.29, 1.82) is 0 Å². The van der Waals surface area contributed by atoms with Gasteiger partial charge in [0.15, 0.2) is 0 Å². The van der Waals surface area contributed by atoms with E-state index in [4.69, 9.17) is 5.11 Å². The van der Waals surface area contributed by atoms with Crippen LogP contribution >= 0.6 is 0 Å². The van der Waals surface area contributed by atoms with Gasteiger partial charge in [0.05, 0.1) is 5.92 Å². The average Bonchev–Trinajstić information content (AvgIpc) is 2.46. The molecule has 0 spiro atoms. The van der Waals surface area contributed by atoms with E-state index >= 15 is 0 Å². The first-order valence-corrected chi connectivity index (χ1v) is 7.63. The Bertz CT molecular complexity index is 326. The number of nitrogens with zero attached hydrogens (tertiary/aromatic N) is 1. The maximum Gasteiger partial charge on any atom is 0.306 e. The molecule has 0 atom stereocenters. The van der Waals surface area contributed by atoms with E-state index in [1.54, 1.807) is 0 Å². The number of piperidine rings is 1. The number of carboxylic acid groups (broad SMARTS) is 1. The van der Waals surface area contributed by atoms with Crippen molar-refractivity contribution in [2.45, 2.75) is 51.9 Å². The fraction of sp³-hybridized carbons (Fsp3) is 0.867. The number of hydrogen-bond acceptors (Lipinski definition) is 2. The Morgan fingerprint density at radius 2 is 1.58 bits per heavy atom. The number of hydrogen-bond donors (Lipinski definition) is 1. The Balaban J connectivity index is 1.80. The van der Waals surface area contributed by atoms with Gasteiger partial charge in [-0.15, -0.1) is 0 Å². The molecule has 0 aromatic carbocycles. The third kappa shape index (κ3) is 3.48. The van der Waals surface area contributed by atoms with Crippen LogP contribution < -0.4 is 0 Å². The van der Waals surface area contributed by atoms with Crippen molar-refractivity contribution in [3.63, 3.8) is 0 Å². The highest BCUT2D eigenvalue weighted by Gasteiger charge is 2.32. The molecule has 2 aliphatic rings. The molecule has 1 saturated heterocycles. The molecule has 0 aromatic heterocycles. The Hall–Kier alpha value is -1.06. The minimum atomic E-state index is -0.712. The molecule has 1 heterocycles. The van der Waals surface area contributed by atoms with Gasteiger partial charge in [-0.05, 0) is 44.4 Å². The standard InChI is InChI=1S/C15H25NO3/c1-2-11-3-5-12(6-4-11)14(17)16-9-7-13(8-10-16)15(18)19/h11-13H,2-10H2,1H3,(H,18,19). The lowest BCUT2D eigenvalue weighted by Gasteiger charge is -2.35. The lowest BCUT2D eigenvalue weighted by Crippen LogP contribution is -2.43. The van der Waals surface area contributed by atoms with Crippen LogP contribution in [-0.4, -0.2) is 35.0 Å². The number of carbonyl (C=O) groups is 2. The molecule has 1 aliphatic carbocycles. The zero-order valence-electron chi connectivity index (χ0n) is 11.8. The fourth-order valence-electron chi connectivity index (χ4n) is 3.42. The van der Waals surface area contributed by atoms with Crippen LogP contribution in [0.4, 0.5) is 0 Å². The van der Waals surface area contributed by atoms with E-state index in [2.05, 4.69) is 6.92 Å². The van der Waals surface area contributed by atoms with Crippen LogP contribution in [0, 0.1) is 17.8 Å². The molecule has 4 heteroatoms. The Kier molecular flexibility index (Phi) is 4.83. The molecular formula is C15H25NO3. The predicted molar refractivity (Wildman–Crippen MR) is 72.7 cm³/mol. The second-order valence-corrected chi connectivity index (χ2v) is 6.06. The summed E-state index contributed by atoms with van der Waals surface area (Å²) in [6, 6.07) is 0. The van der Waals surface area contributed by atoms with Crippen LogP contribution in [0.1, 0.15) is 51.9 Å². The molecule has 4 nitrogen and oxygen atoms in total. The van der Waals surface area contributed by atoms with Gasteiger partial charge in [0.1, 0.15) is 0 Å². The summed E-state index contributed by atoms with van der Waals surface area (Å²) in [5.41, 5.74) is 0. The van der Waals surface area contributed by atoms with Crippen molar-refractivity contribution in [1.82, 2.24) is 4.90 Å². The molecule has 2 rings (SSSR count). The number of carboxylic acids is 1. The highest BCUT2D eigenvalue weighted by Crippen LogP contribution is 2.32. The normalized spacial score (nSPS) is 29.2. The highest BCUT2D eigenvalue weighted by molar-refractivity contribution is 5.79. The topological polar surface area (TPSA) is 57.6 Å². The third-order valence-electron chi connectivity index (χ3n) is 4.93. The van der Waals surface area contributed by atoms with Gasteiger partial charge in [-0.25, -0.2) is 0 Å². The molecule has 108 valence electrons. The zero-order valence-corrected chi connectivity index (χ0v) is 11.8. The Morgan fingerprint density at radius 1 is 1.00 bits per heavy atom. The van der Waals surface area contributed by atoms with Crippen molar-refractivity contribution >= 4 is 11.9 Å². The Labute approximate surface area is 115 Å². The minimum Gasteiger partial charge on any atom is -0.481 e. The summed E-state index contributed by atoms with van der Waals surface area (Å²) in [6.07, 6.45) is 6.87. The first kappa shape index (κ1) is 14.4. The first-order chi connectivity index (χ1) is 9.11. The van der Waals surface area contributed by atoms with E-state index < -0.39 is 5.97 Å². The number of carbonyl (C=O) groups excluding carboxylic acids is 1. The minimum absolute atomic E-state index is 0.198. The summed E-state index contributed by atoms with van der Waals surface area (Å²) in [6.45, 7) is 3.48. The lowest BCUT2D eigenvalue weighted by atomic mass is 9.80. The van der Waals surface area contributed by atoms with E-state index in [1.165, 1.54) is 19.3 Å². The van der Waals surface area contributed by atoms with Gasteiger partial charge in [-0.1, -0.05) is 13.3 Å². The molecule has 1 aliphatic heterocycles.